The van der Waals surface area contributed by atoms with Gasteiger partial charge in [0.2, 0.25) is 0 Å². The number of aromatic nitrogens is 2. The van der Waals surface area contributed by atoms with Gasteiger partial charge in [-0.1, -0.05) is 37.4 Å². The molecule has 15 heavy (non-hydrogen) atoms. The molecule has 0 radical (unpaired) electrons. The molecular formula is C10H18N4S. The summed E-state index contributed by atoms with van der Waals surface area (Å²) >= 11 is 1.37. The topological polar surface area (TPSA) is 63.8 Å². The summed E-state index contributed by atoms with van der Waals surface area (Å²) in [6, 6.07) is -0.0563. The van der Waals surface area contributed by atoms with Gasteiger partial charge in [0.1, 0.15) is 0 Å². The average molecular weight is 226 g/mol. The smallest absolute Gasteiger partial charge is 0.0861 e. The maximum atomic E-state index is 5.52. The van der Waals surface area contributed by atoms with Crippen molar-refractivity contribution < 1.29 is 0 Å². The Morgan fingerprint density at radius 2 is 2.13 bits per heavy atom. The second-order valence-corrected chi connectivity index (χ2v) is 5.47. The minimum absolute atomic E-state index is 0.0209. The van der Waals surface area contributed by atoms with Crippen LogP contribution in [0.3, 0.4) is 0 Å². The van der Waals surface area contributed by atoms with E-state index < -0.39 is 0 Å². The maximum Gasteiger partial charge on any atom is 0.0861 e. The van der Waals surface area contributed by atoms with Crippen LogP contribution in [0.5, 0.6) is 0 Å². The molecule has 1 aromatic rings. The second-order valence-electron chi connectivity index (χ2n) is 4.68. The number of nitrogens with two attached hydrogens (primary N) is 1. The lowest BCUT2D eigenvalue weighted by atomic mass is 9.89. The van der Waals surface area contributed by atoms with Crippen molar-refractivity contribution in [2.45, 2.75) is 39.2 Å². The molecule has 84 valence electrons. The molecule has 1 aromatic heterocycles. The predicted molar refractivity (Wildman–Crippen MR) is 63.5 cm³/mol. The van der Waals surface area contributed by atoms with Gasteiger partial charge in [-0.15, -0.1) is 5.10 Å². The highest BCUT2D eigenvalue weighted by Crippen LogP contribution is 2.32. The highest BCUT2D eigenvalue weighted by molar-refractivity contribution is 7.05. The molecule has 0 fully saturated rings. The highest BCUT2D eigenvalue weighted by atomic mass is 32.1. The molecule has 0 aliphatic heterocycles. The number of hydrogen-bond donors (Lipinski definition) is 2. The summed E-state index contributed by atoms with van der Waals surface area (Å²) in [4.78, 5) is 1.05. The molecule has 0 aromatic carbocycles. The lowest BCUT2D eigenvalue weighted by molar-refractivity contribution is 0.542. The molecule has 0 amide bonds. The van der Waals surface area contributed by atoms with E-state index in [-0.39, 0.29) is 11.5 Å². The molecule has 3 N–H and O–H groups in total. The van der Waals surface area contributed by atoms with E-state index in [4.69, 9.17) is 5.84 Å². The van der Waals surface area contributed by atoms with Crippen molar-refractivity contribution in [3.05, 3.63) is 22.7 Å². The van der Waals surface area contributed by atoms with Crippen molar-refractivity contribution in [3.8, 4) is 0 Å². The van der Waals surface area contributed by atoms with Crippen LogP contribution in [0, 0.1) is 0 Å². The molecule has 0 spiro atoms. The lowest BCUT2D eigenvalue weighted by Crippen LogP contribution is -2.30. The first-order valence-corrected chi connectivity index (χ1v) is 5.59. The molecule has 1 heterocycles. The standard InChI is InChI=1S/C10H18N4S/c1-6(2)7(12-11)8-9(10(3,4)5)13-14-15-8/h7,12H,1,11H2,2-5H3. The van der Waals surface area contributed by atoms with Gasteiger partial charge >= 0.3 is 0 Å². The monoisotopic (exact) mass is 226 g/mol. The molecule has 4 nitrogen and oxygen atoms in total. The van der Waals surface area contributed by atoms with E-state index >= 15 is 0 Å². The maximum absolute atomic E-state index is 5.52. The minimum Gasteiger partial charge on any atom is -0.271 e. The molecule has 0 bridgehead atoms. The Morgan fingerprint density at radius 3 is 2.53 bits per heavy atom. The number of nitrogens with zero attached hydrogens (tertiary/aromatic N) is 2. The lowest BCUT2D eigenvalue weighted by Gasteiger charge is -2.21. The third kappa shape index (κ3) is 2.62. The Labute approximate surface area is 94.7 Å². The molecule has 5 heteroatoms. The van der Waals surface area contributed by atoms with Crippen molar-refractivity contribution in [1.82, 2.24) is 15.0 Å². The molecule has 1 atom stereocenters. The van der Waals surface area contributed by atoms with Crippen LogP contribution in [0.1, 0.15) is 44.3 Å². The SMILES string of the molecule is C=C(C)C(NN)c1snnc1C(C)(C)C. The van der Waals surface area contributed by atoms with Gasteiger partial charge in [-0.2, -0.15) is 0 Å². The van der Waals surface area contributed by atoms with Gasteiger partial charge in [0, 0.05) is 5.41 Å². The summed E-state index contributed by atoms with van der Waals surface area (Å²) in [5.74, 6) is 5.52. The van der Waals surface area contributed by atoms with Crippen LogP contribution < -0.4 is 11.3 Å². The van der Waals surface area contributed by atoms with Crippen molar-refractivity contribution in [3.63, 3.8) is 0 Å². The van der Waals surface area contributed by atoms with E-state index in [1.807, 2.05) is 6.92 Å². The van der Waals surface area contributed by atoms with Gasteiger partial charge in [-0.3, -0.25) is 5.84 Å². The first-order valence-electron chi connectivity index (χ1n) is 4.82. The van der Waals surface area contributed by atoms with Gasteiger partial charge in [0.15, 0.2) is 0 Å². The fourth-order valence-electron chi connectivity index (χ4n) is 1.35. The van der Waals surface area contributed by atoms with Gasteiger partial charge < -0.3 is 0 Å². The van der Waals surface area contributed by atoms with E-state index in [9.17, 15) is 0 Å². The van der Waals surface area contributed by atoms with E-state index in [1.54, 1.807) is 0 Å². The zero-order chi connectivity index (χ0) is 11.6. The van der Waals surface area contributed by atoms with E-state index in [2.05, 4.69) is 42.4 Å². The fourth-order valence-corrected chi connectivity index (χ4v) is 2.37. The second kappa shape index (κ2) is 4.38. The Morgan fingerprint density at radius 1 is 1.53 bits per heavy atom. The van der Waals surface area contributed by atoms with Crippen molar-refractivity contribution in [2.75, 3.05) is 0 Å². The van der Waals surface area contributed by atoms with Crippen LogP contribution in [0.15, 0.2) is 12.2 Å². The zero-order valence-electron chi connectivity index (χ0n) is 9.66. The Balaban J connectivity index is 3.14. The molecule has 0 aliphatic rings. The number of rotatable bonds is 3. The largest absolute Gasteiger partial charge is 0.271 e. The number of hydrogen-bond acceptors (Lipinski definition) is 5. The van der Waals surface area contributed by atoms with Crippen LogP contribution in [0.4, 0.5) is 0 Å². The first-order chi connectivity index (χ1) is 6.88. The van der Waals surface area contributed by atoms with Gasteiger partial charge in [0.25, 0.3) is 0 Å². The molecule has 0 aliphatic carbocycles. The molecular weight excluding hydrogens is 208 g/mol. The molecule has 0 saturated heterocycles. The minimum atomic E-state index is -0.0563. The summed E-state index contributed by atoms with van der Waals surface area (Å²) in [6.07, 6.45) is 0. The molecule has 1 rings (SSSR count). The van der Waals surface area contributed by atoms with Crippen molar-refractivity contribution >= 4 is 11.5 Å². The summed E-state index contributed by atoms with van der Waals surface area (Å²) in [5.41, 5.74) is 4.68. The van der Waals surface area contributed by atoms with Crippen LogP contribution in [-0.2, 0) is 5.41 Å². The Bertz CT molecular complexity index is 351. The van der Waals surface area contributed by atoms with Crippen LogP contribution in [-0.4, -0.2) is 9.59 Å². The normalized spacial score (nSPS) is 13.9. The number of hydrazine groups is 1. The molecule has 1 unspecified atom stereocenters. The third-order valence-electron chi connectivity index (χ3n) is 2.15. The van der Waals surface area contributed by atoms with Crippen molar-refractivity contribution in [2.24, 2.45) is 5.84 Å². The summed E-state index contributed by atoms with van der Waals surface area (Å²) in [5, 5.41) is 4.17. The quantitative estimate of drug-likeness (QED) is 0.469. The number of nitrogens with one attached hydrogen (secondary N) is 1. The third-order valence-corrected chi connectivity index (χ3v) is 2.93. The van der Waals surface area contributed by atoms with Crippen LogP contribution >= 0.6 is 11.5 Å². The van der Waals surface area contributed by atoms with E-state index in [0.717, 1.165) is 16.1 Å². The summed E-state index contributed by atoms with van der Waals surface area (Å²) in [7, 11) is 0. The fraction of sp³-hybridized carbons (Fsp3) is 0.600. The Kier molecular flexibility index (Phi) is 3.59. The zero-order valence-corrected chi connectivity index (χ0v) is 10.5. The van der Waals surface area contributed by atoms with Gasteiger partial charge in [0.05, 0.1) is 16.6 Å². The molecule has 0 saturated carbocycles. The highest BCUT2D eigenvalue weighted by Gasteiger charge is 2.26. The summed E-state index contributed by atoms with van der Waals surface area (Å²) < 4.78 is 3.99. The van der Waals surface area contributed by atoms with Crippen LogP contribution in [0.25, 0.3) is 0 Å². The van der Waals surface area contributed by atoms with Crippen molar-refractivity contribution in [1.29, 1.82) is 0 Å². The Hall–Kier alpha value is -0.780. The summed E-state index contributed by atoms with van der Waals surface area (Å²) in [6.45, 7) is 12.2. The predicted octanol–water partition coefficient (Wildman–Crippen LogP) is 1.92. The van der Waals surface area contributed by atoms with Gasteiger partial charge in [-0.05, 0) is 18.5 Å². The van der Waals surface area contributed by atoms with Crippen LogP contribution in [0.2, 0.25) is 0 Å². The van der Waals surface area contributed by atoms with Gasteiger partial charge in [-0.25, -0.2) is 5.43 Å². The first kappa shape index (κ1) is 12.3. The van der Waals surface area contributed by atoms with E-state index in [0.29, 0.717) is 0 Å². The van der Waals surface area contributed by atoms with E-state index in [1.165, 1.54) is 11.5 Å². The average Bonchev–Trinajstić information content (AvgIpc) is 2.52.